The van der Waals surface area contributed by atoms with E-state index in [9.17, 15) is 29.7 Å². The summed E-state index contributed by atoms with van der Waals surface area (Å²) < 4.78 is 20.6. The molecule has 2 heterocycles. The minimum atomic E-state index is -1.61. The molecule has 0 radical (unpaired) electrons. The maximum Gasteiger partial charge on any atom is 0.414 e. The summed E-state index contributed by atoms with van der Waals surface area (Å²) in [5.41, 5.74) is 2.00. The fourth-order valence-electron chi connectivity index (χ4n) is 3.75. The molecular weight excluding hydrogens is 488 g/mol. The van der Waals surface area contributed by atoms with E-state index in [2.05, 4.69) is 10.6 Å². The van der Waals surface area contributed by atoms with Crippen LogP contribution in [0, 0.1) is 6.92 Å². The van der Waals surface area contributed by atoms with E-state index in [4.69, 9.17) is 18.6 Å². The number of carbonyl (C=O) groups excluding carboxylic acids is 2. The number of aliphatic hydroxyl groups is 3. The smallest absolute Gasteiger partial charge is 0.414 e. The summed E-state index contributed by atoms with van der Waals surface area (Å²) in [7, 11) is 0. The van der Waals surface area contributed by atoms with Crippen molar-refractivity contribution in [2.45, 2.75) is 51.2 Å². The number of fused-ring (bicyclic) bond motifs is 1. The van der Waals surface area contributed by atoms with Crippen LogP contribution in [0.1, 0.15) is 18.1 Å². The molecular formula is C25H26N2O10. The normalized spacial score (nSPS) is 23.3. The Morgan fingerprint density at radius 1 is 0.919 bits per heavy atom. The molecule has 37 heavy (non-hydrogen) atoms. The quantitative estimate of drug-likeness (QED) is 0.317. The predicted molar refractivity (Wildman–Crippen MR) is 130 cm³/mol. The maximum atomic E-state index is 12.2. The third-order valence-electron chi connectivity index (χ3n) is 5.80. The minimum Gasteiger partial charge on any atom is -0.444 e. The molecule has 5 N–H and O–H groups in total. The van der Waals surface area contributed by atoms with Crippen LogP contribution < -0.4 is 16.3 Å². The summed E-state index contributed by atoms with van der Waals surface area (Å²) in [4.78, 5) is 35.9. The second kappa shape index (κ2) is 11.0. The van der Waals surface area contributed by atoms with Crippen LogP contribution in [0.25, 0.3) is 11.0 Å². The Hall–Kier alpha value is -3.97. The molecule has 196 valence electrons. The van der Waals surface area contributed by atoms with Crippen molar-refractivity contribution in [2.24, 2.45) is 0 Å². The number of hydrogen-bond acceptors (Lipinski definition) is 10. The number of amides is 2. The lowest BCUT2D eigenvalue weighted by Crippen LogP contribution is -2.57. The SMILES string of the molecule is Cc1cc(=O)oc2cc(NC(=O)OCc3ccc(NC(=O)OC4O[C@@H](C)[C@@H](O)[C@@H](O)[C@@H]4O)cc3)ccc12. The third kappa shape index (κ3) is 6.24. The molecule has 1 aliphatic rings. The molecule has 5 atom stereocenters. The molecule has 1 unspecified atom stereocenters. The summed E-state index contributed by atoms with van der Waals surface area (Å²) >= 11 is 0. The zero-order chi connectivity index (χ0) is 26.7. The van der Waals surface area contributed by atoms with Gasteiger partial charge >= 0.3 is 17.8 Å². The number of carbonyl (C=O) groups is 2. The molecule has 12 nitrogen and oxygen atoms in total. The Bertz CT molecular complexity index is 1340. The van der Waals surface area contributed by atoms with Crippen LogP contribution in [0.5, 0.6) is 0 Å². The van der Waals surface area contributed by atoms with E-state index < -0.39 is 48.5 Å². The molecule has 4 rings (SSSR count). The van der Waals surface area contributed by atoms with Gasteiger partial charge < -0.3 is 33.9 Å². The molecule has 1 saturated heterocycles. The van der Waals surface area contributed by atoms with Gasteiger partial charge in [-0.05, 0) is 49.2 Å². The van der Waals surface area contributed by atoms with E-state index in [1.807, 2.05) is 0 Å². The van der Waals surface area contributed by atoms with Gasteiger partial charge in [-0.1, -0.05) is 12.1 Å². The number of hydrogen-bond donors (Lipinski definition) is 5. The Morgan fingerprint density at radius 2 is 1.59 bits per heavy atom. The predicted octanol–water partition coefficient (Wildman–Crippen LogP) is 2.23. The minimum absolute atomic E-state index is 0.0570. The standard InChI is InChI=1S/C25H26N2O10/c1-12-9-19(28)36-18-10-16(7-8-17(12)18)27-24(32)34-11-14-3-5-15(6-4-14)26-25(33)37-23-22(31)21(30)20(29)13(2)35-23/h3-10,13,20-23,29-31H,11H2,1-2H3,(H,26,33)(H,27,32)/t13-,20+,21+,22-,23?/m0/s1. The van der Waals surface area contributed by atoms with E-state index in [1.165, 1.54) is 19.1 Å². The number of anilines is 2. The molecule has 0 bridgehead atoms. The molecule has 3 aromatic rings. The van der Waals surface area contributed by atoms with Crippen molar-refractivity contribution < 1.29 is 43.5 Å². The molecule has 0 saturated carbocycles. The molecule has 2 amide bonds. The van der Waals surface area contributed by atoms with Gasteiger partial charge in [-0.15, -0.1) is 0 Å². The van der Waals surface area contributed by atoms with Gasteiger partial charge in [-0.25, -0.2) is 14.4 Å². The second-order valence-corrected chi connectivity index (χ2v) is 8.57. The van der Waals surface area contributed by atoms with Gasteiger partial charge in [0.2, 0.25) is 6.29 Å². The van der Waals surface area contributed by atoms with Crippen molar-refractivity contribution in [2.75, 3.05) is 10.6 Å². The number of benzene rings is 2. The van der Waals surface area contributed by atoms with Crippen molar-refractivity contribution in [3.8, 4) is 0 Å². The van der Waals surface area contributed by atoms with E-state index in [0.29, 0.717) is 22.5 Å². The van der Waals surface area contributed by atoms with Crippen LogP contribution in [0.15, 0.2) is 57.7 Å². The molecule has 1 fully saturated rings. The number of nitrogens with one attached hydrogen (secondary N) is 2. The van der Waals surface area contributed by atoms with Crippen LogP contribution in [-0.2, 0) is 20.8 Å². The Balaban J connectivity index is 1.26. The van der Waals surface area contributed by atoms with Crippen LogP contribution in [0.4, 0.5) is 21.0 Å². The van der Waals surface area contributed by atoms with Crippen molar-refractivity contribution in [3.63, 3.8) is 0 Å². The molecule has 1 aromatic heterocycles. The highest BCUT2D eigenvalue weighted by atomic mass is 16.7. The van der Waals surface area contributed by atoms with Crippen LogP contribution in [-0.4, -0.2) is 58.2 Å². The third-order valence-corrected chi connectivity index (χ3v) is 5.80. The Kier molecular flexibility index (Phi) is 7.74. The van der Waals surface area contributed by atoms with Gasteiger partial charge in [-0.3, -0.25) is 10.6 Å². The van der Waals surface area contributed by atoms with Crippen LogP contribution >= 0.6 is 0 Å². The summed E-state index contributed by atoms with van der Waals surface area (Å²) in [6, 6.07) is 12.6. The van der Waals surface area contributed by atoms with E-state index in [-0.39, 0.29) is 6.61 Å². The number of aliphatic hydroxyl groups excluding tert-OH is 3. The average molecular weight is 514 g/mol. The number of ether oxygens (including phenoxy) is 3. The first-order chi connectivity index (χ1) is 17.6. The molecule has 2 aromatic carbocycles. The van der Waals surface area contributed by atoms with Gasteiger partial charge in [-0.2, -0.15) is 0 Å². The average Bonchev–Trinajstić information content (AvgIpc) is 2.85. The highest BCUT2D eigenvalue weighted by Crippen LogP contribution is 2.23. The first kappa shape index (κ1) is 26.1. The van der Waals surface area contributed by atoms with E-state index in [1.54, 1.807) is 43.3 Å². The van der Waals surface area contributed by atoms with Crippen molar-refractivity contribution in [1.29, 1.82) is 0 Å². The van der Waals surface area contributed by atoms with Gasteiger partial charge in [0, 0.05) is 28.9 Å². The molecule has 0 aliphatic carbocycles. The lowest BCUT2D eigenvalue weighted by molar-refractivity contribution is -0.275. The highest BCUT2D eigenvalue weighted by molar-refractivity contribution is 5.90. The topological polar surface area (TPSA) is 177 Å². The zero-order valence-corrected chi connectivity index (χ0v) is 19.9. The number of aryl methyl sites for hydroxylation is 1. The Morgan fingerprint density at radius 3 is 2.32 bits per heavy atom. The maximum absolute atomic E-state index is 12.2. The Labute approximate surface area is 210 Å². The summed E-state index contributed by atoms with van der Waals surface area (Å²) in [5, 5.41) is 35.2. The van der Waals surface area contributed by atoms with Gasteiger partial charge in [0.1, 0.15) is 30.5 Å². The fourth-order valence-corrected chi connectivity index (χ4v) is 3.75. The molecule has 12 heteroatoms. The largest absolute Gasteiger partial charge is 0.444 e. The van der Waals surface area contributed by atoms with Crippen molar-refractivity contribution in [3.05, 3.63) is 70.1 Å². The van der Waals surface area contributed by atoms with Crippen molar-refractivity contribution in [1.82, 2.24) is 0 Å². The first-order valence-corrected chi connectivity index (χ1v) is 11.4. The summed E-state index contributed by atoms with van der Waals surface area (Å²) in [5.74, 6) is 0. The highest BCUT2D eigenvalue weighted by Gasteiger charge is 2.43. The summed E-state index contributed by atoms with van der Waals surface area (Å²) in [6.07, 6.45) is -8.41. The fraction of sp³-hybridized carbons (Fsp3) is 0.320. The molecule has 1 aliphatic heterocycles. The van der Waals surface area contributed by atoms with Gasteiger partial charge in [0.05, 0.1) is 6.10 Å². The van der Waals surface area contributed by atoms with Gasteiger partial charge in [0.15, 0.2) is 0 Å². The monoisotopic (exact) mass is 514 g/mol. The first-order valence-electron chi connectivity index (χ1n) is 11.4. The van der Waals surface area contributed by atoms with Crippen LogP contribution in [0.2, 0.25) is 0 Å². The summed E-state index contributed by atoms with van der Waals surface area (Å²) in [6.45, 7) is 3.20. The number of rotatable bonds is 5. The lowest BCUT2D eigenvalue weighted by Gasteiger charge is -2.38. The second-order valence-electron chi connectivity index (χ2n) is 8.57. The lowest BCUT2D eigenvalue weighted by atomic mass is 10.0. The van der Waals surface area contributed by atoms with E-state index >= 15 is 0 Å². The molecule has 0 spiro atoms. The van der Waals surface area contributed by atoms with Gasteiger partial charge in [0.25, 0.3) is 0 Å². The zero-order valence-electron chi connectivity index (χ0n) is 19.9. The van der Waals surface area contributed by atoms with Crippen molar-refractivity contribution >= 4 is 34.5 Å². The van der Waals surface area contributed by atoms with E-state index in [0.717, 1.165) is 10.9 Å². The van der Waals surface area contributed by atoms with Crippen LogP contribution in [0.3, 0.4) is 0 Å².